The number of anilines is 1. The van der Waals surface area contributed by atoms with Crippen LogP contribution in [-0.4, -0.2) is 15.1 Å². The third kappa shape index (κ3) is 2.64. The van der Waals surface area contributed by atoms with Gasteiger partial charge in [-0.3, -0.25) is 0 Å². The first-order chi connectivity index (χ1) is 7.97. The van der Waals surface area contributed by atoms with E-state index in [2.05, 4.69) is 13.5 Å². The van der Waals surface area contributed by atoms with Crippen LogP contribution in [0.5, 0.6) is 5.75 Å². The number of ether oxygens (including phenoxy) is 1. The maximum Gasteiger partial charge on any atom is 0.573 e. The minimum absolute atomic E-state index is 0.0771. The molecule has 2 rings (SSSR count). The summed E-state index contributed by atoms with van der Waals surface area (Å²) in [7, 11) is 0. The molecule has 1 heterocycles. The van der Waals surface area contributed by atoms with Crippen LogP contribution in [0.15, 0.2) is 24.3 Å². The molecule has 8 heteroatoms. The number of nitrogens with two attached hydrogens (primary N) is 1. The third-order valence-electron chi connectivity index (χ3n) is 1.88. The van der Waals surface area contributed by atoms with Crippen LogP contribution >= 0.6 is 11.7 Å². The second kappa shape index (κ2) is 4.21. The van der Waals surface area contributed by atoms with E-state index >= 15 is 0 Å². The van der Waals surface area contributed by atoms with E-state index in [1.807, 2.05) is 0 Å². The van der Waals surface area contributed by atoms with E-state index < -0.39 is 6.36 Å². The molecule has 17 heavy (non-hydrogen) atoms. The van der Waals surface area contributed by atoms with Crippen molar-refractivity contribution in [2.75, 3.05) is 5.73 Å². The van der Waals surface area contributed by atoms with Crippen LogP contribution in [0.4, 0.5) is 19.0 Å². The average molecular weight is 261 g/mol. The molecule has 2 N–H and O–H groups in total. The first kappa shape index (κ1) is 11.6. The molecule has 0 bridgehead atoms. The predicted molar refractivity (Wildman–Crippen MR) is 56.4 cm³/mol. The molecule has 2 aromatic rings. The zero-order valence-electron chi connectivity index (χ0n) is 8.23. The fraction of sp³-hybridized carbons (Fsp3) is 0.111. The molecule has 0 radical (unpaired) electrons. The Morgan fingerprint density at radius 1 is 1.18 bits per heavy atom. The highest BCUT2D eigenvalue weighted by molar-refractivity contribution is 6.99. The molecule has 0 spiro atoms. The van der Waals surface area contributed by atoms with E-state index in [0.717, 1.165) is 11.7 Å². The average Bonchev–Trinajstić information content (AvgIpc) is 2.63. The topological polar surface area (TPSA) is 61.0 Å². The van der Waals surface area contributed by atoms with Gasteiger partial charge in [0, 0.05) is 5.56 Å². The van der Waals surface area contributed by atoms with Gasteiger partial charge in [0.05, 0.1) is 11.7 Å². The maximum atomic E-state index is 12.2. The van der Waals surface area contributed by atoms with Crippen molar-refractivity contribution in [3.05, 3.63) is 24.3 Å². The number of aromatic nitrogens is 2. The molecule has 1 aromatic carbocycles. The number of nitrogen functional groups attached to an aromatic ring is 1. The third-order valence-corrected chi connectivity index (χ3v) is 2.42. The summed E-state index contributed by atoms with van der Waals surface area (Å²) >= 11 is 0.826. The van der Waals surface area contributed by atoms with Crippen molar-refractivity contribution in [2.24, 2.45) is 0 Å². The lowest BCUT2D eigenvalue weighted by molar-refractivity contribution is -0.274. The van der Waals surface area contributed by atoms with Gasteiger partial charge in [0.1, 0.15) is 11.4 Å². The first-order valence-corrected chi connectivity index (χ1v) is 5.13. The summed E-state index contributed by atoms with van der Waals surface area (Å²) in [4.78, 5) is 0. The lowest BCUT2D eigenvalue weighted by Crippen LogP contribution is -2.17. The fourth-order valence-corrected chi connectivity index (χ4v) is 1.75. The van der Waals surface area contributed by atoms with Gasteiger partial charge in [0.25, 0.3) is 0 Å². The molecule has 0 saturated heterocycles. The standard InChI is InChI=1S/C9H6F3N3OS/c10-9(11,12)16-6-4-2-1-3-5(6)7-8(13)15-17-14-7/h1-4H,(H2,13,15). The molecule has 1 aromatic heterocycles. The zero-order valence-corrected chi connectivity index (χ0v) is 9.05. The largest absolute Gasteiger partial charge is 0.573 e. The van der Waals surface area contributed by atoms with E-state index in [1.165, 1.54) is 18.2 Å². The number of hydrogen-bond donors (Lipinski definition) is 1. The maximum absolute atomic E-state index is 12.2. The number of hydrogen-bond acceptors (Lipinski definition) is 5. The van der Waals surface area contributed by atoms with Crippen molar-refractivity contribution in [3.63, 3.8) is 0 Å². The van der Waals surface area contributed by atoms with Crippen molar-refractivity contribution in [1.29, 1.82) is 0 Å². The quantitative estimate of drug-likeness (QED) is 0.902. The Labute approximate surface area is 98.2 Å². The second-order valence-electron chi connectivity index (χ2n) is 3.04. The smallest absolute Gasteiger partial charge is 0.405 e. The highest BCUT2D eigenvalue weighted by Gasteiger charge is 2.32. The molecule has 0 atom stereocenters. The van der Waals surface area contributed by atoms with Crippen molar-refractivity contribution >= 4 is 17.5 Å². The van der Waals surface area contributed by atoms with Gasteiger partial charge in [0.15, 0.2) is 5.82 Å². The second-order valence-corrected chi connectivity index (χ2v) is 3.57. The Bertz CT molecular complexity index is 526. The number of halogens is 3. The molecule has 0 saturated carbocycles. The number of para-hydroxylation sites is 1. The van der Waals surface area contributed by atoms with E-state index in [-0.39, 0.29) is 22.8 Å². The molecule has 0 unspecified atom stereocenters. The van der Waals surface area contributed by atoms with E-state index in [4.69, 9.17) is 5.73 Å². The summed E-state index contributed by atoms with van der Waals surface area (Å²) in [6.45, 7) is 0. The molecule has 90 valence electrons. The Morgan fingerprint density at radius 2 is 1.88 bits per heavy atom. The number of alkyl halides is 3. The summed E-state index contributed by atoms with van der Waals surface area (Å²) in [5.41, 5.74) is 5.86. The summed E-state index contributed by atoms with van der Waals surface area (Å²) in [6, 6.07) is 5.63. The van der Waals surface area contributed by atoms with E-state index in [9.17, 15) is 13.2 Å². The fourth-order valence-electron chi connectivity index (χ4n) is 1.26. The molecular weight excluding hydrogens is 255 g/mol. The number of benzene rings is 1. The van der Waals surface area contributed by atoms with Crippen molar-refractivity contribution in [3.8, 4) is 17.0 Å². The summed E-state index contributed by atoms with van der Waals surface area (Å²) in [5, 5.41) is 0. The Kier molecular flexibility index (Phi) is 2.88. The van der Waals surface area contributed by atoms with E-state index in [1.54, 1.807) is 6.07 Å². The molecule has 0 fully saturated rings. The van der Waals surface area contributed by atoms with Crippen molar-refractivity contribution in [1.82, 2.24) is 8.75 Å². The van der Waals surface area contributed by atoms with Crippen LogP contribution in [0.1, 0.15) is 0 Å². The molecule has 0 aliphatic heterocycles. The monoisotopic (exact) mass is 261 g/mol. The van der Waals surface area contributed by atoms with Gasteiger partial charge in [-0.25, -0.2) is 0 Å². The zero-order chi connectivity index (χ0) is 12.5. The highest BCUT2D eigenvalue weighted by atomic mass is 32.1. The van der Waals surface area contributed by atoms with Crippen LogP contribution in [0.25, 0.3) is 11.3 Å². The predicted octanol–water partition coefficient (Wildman–Crippen LogP) is 2.69. The van der Waals surface area contributed by atoms with Crippen molar-refractivity contribution in [2.45, 2.75) is 6.36 Å². The van der Waals surface area contributed by atoms with Gasteiger partial charge in [-0.1, -0.05) is 12.1 Å². The highest BCUT2D eigenvalue weighted by Crippen LogP contribution is 2.35. The summed E-state index contributed by atoms with van der Waals surface area (Å²) in [6.07, 6.45) is -4.76. The van der Waals surface area contributed by atoms with Crippen LogP contribution in [-0.2, 0) is 0 Å². The normalized spacial score (nSPS) is 11.5. The van der Waals surface area contributed by atoms with Gasteiger partial charge < -0.3 is 10.5 Å². The van der Waals surface area contributed by atoms with Crippen LogP contribution in [0.2, 0.25) is 0 Å². The van der Waals surface area contributed by atoms with Gasteiger partial charge in [-0.2, -0.15) is 8.75 Å². The molecule has 0 aliphatic rings. The number of nitrogens with zero attached hydrogens (tertiary/aromatic N) is 2. The van der Waals surface area contributed by atoms with Crippen LogP contribution in [0.3, 0.4) is 0 Å². The Morgan fingerprint density at radius 3 is 2.47 bits per heavy atom. The van der Waals surface area contributed by atoms with Crippen molar-refractivity contribution < 1.29 is 17.9 Å². The van der Waals surface area contributed by atoms with Gasteiger partial charge in [-0.15, -0.1) is 13.2 Å². The molecule has 4 nitrogen and oxygen atoms in total. The Balaban J connectivity index is 2.45. The lowest BCUT2D eigenvalue weighted by Gasteiger charge is -2.11. The molecule has 0 amide bonds. The van der Waals surface area contributed by atoms with Gasteiger partial charge in [-0.05, 0) is 12.1 Å². The molecule has 0 aliphatic carbocycles. The summed E-state index contributed by atoms with van der Waals surface area (Å²) < 4.78 is 48.0. The van der Waals surface area contributed by atoms with E-state index in [0.29, 0.717) is 0 Å². The number of rotatable bonds is 2. The molecular formula is C9H6F3N3OS. The van der Waals surface area contributed by atoms with Gasteiger partial charge >= 0.3 is 6.36 Å². The van der Waals surface area contributed by atoms with Crippen LogP contribution in [0, 0.1) is 0 Å². The summed E-state index contributed by atoms with van der Waals surface area (Å²) in [5.74, 6) is -0.271. The van der Waals surface area contributed by atoms with Gasteiger partial charge in [0.2, 0.25) is 0 Å². The minimum Gasteiger partial charge on any atom is -0.405 e. The lowest BCUT2D eigenvalue weighted by atomic mass is 10.1. The van der Waals surface area contributed by atoms with Crippen LogP contribution < -0.4 is 10.5 Å². The SMILES string of the molecule is Nc1nsnc1-c1ccccc1OC(F)(F)F. The first-order valence-electron chi connectivity index (χ1n) is 4.40. The minimum atomic E-state index is -4.76. The Hall–Kier alpha value is -1.83.